The van der Waals surface area contributed by atoms with Gasteiger partial charge in [0.15, 0.2) is 0 Å². The van der Waals surface area contributed by atoms with Crippen molar-refractivity contribution in [3.63, 3.8) is 0 Å². The SMILES string of the molecule is CCN(Cc1cc(C(=O)OC)ccc1[N+](=O)[O-])C(=O)OC(C)(C)C.O=C=O. The van der Waals surface area contributed by atoms with Gasteiger partial charge in [0.05, 0.1) is 29.7 Å². The highest BCUT2D eigenvalue weighted by atomic mass is 16.6. The van der Waals surface area contributed by atoms with Crippen molar-refractivity contribution in [3.05, 3.63) is 39.4 Å². The maximum absolute atomic E-state index is 12.2. The number of nitro benzene ring substituents is 1. The van der Waals surface area contributed by atoms with Crippen molar-refractivity contribution < 1.29 is 33.6 Å². The number of carbonyl (C=O) groups excluding carboxylic acids is 4. The smallest absolute Gasteiger partial charge is 0.410 e. The van der Waals surface area contributed by atoms with Gasteiger partial charge in [-0.2, -0.15) is 9.59 Å². The van der Waals surface area contributed by atoms with E-state index in [1.165, 1.54) is 30.2 Å². The van der Waals surface area contributed by atoms with E-state index in [4.69, 9.17) is 14.3 Å². The molecule has 1 rings (SSSR count). The average molecular weight is 382 g/mol. The third-order valence-corrected chi connectivity index (χ3v) is 3.09. The fourth-order valence-corrected chi connectivity index (χ4v) is 1.97. The van der Waals surface area contributed by atoms with Gasteiger partial charge in [-0.25, -0.2) is 9.59 Å². The Morgan fingerprint density at radius 1 is 1.26 bits per heavy atom. The zero-order chi connectivity index (χ0) is 21.2. The van der Waals surface area contributed by atoms with Crippen molar-refractivity contribution >= 4 is 23.9 Å². The number of ether oxygens (including phenoxy) is 2. The minimum atomic E-state index is -0.676. The van der Waals surface area contributed by atoms with E-state index in [1.807, 2.05) is 0 Å². The Kier molecular flexibility index (Phi) is 9.38. The largest absolute Gasteiger partial charge is 0.465 e. The van der Waals surface area contributed by atoms with Crippen LogP contribution in [0.15, 0.2) is 18.2 Å². The minimum Gasteiger partial charge on any atom is -0.465 e. The number of rotatable bonds is 5. The van der Waals surface area contributed by atoms with E-state index in [1.54, 1.807) is 27.7 Å². The van der Waals surface area contributed by atoms with E-state index >= 15 is 0 Å². The fourth-order valence-electron chi connectivity index (χ4n) is 1.97. The number of carbonyl (C=O) groups is 2. The molecule has 0 bridgehead atoms. The van der Waals surface area contributed by atoms with Crippen LogP contribution in [-0.2, 0) is 25.6 Å². The molecule has 0 radical (unpaired) electrons. The number of amides is 1. The highest BCUT2D eigenvalue weighted by Crippen LogP contribution is 2.23. The van der Waals surface area contributed by atoms with Crippen molar-refractivity contribution in [1.29, 1.82) is 0 Å². The van der Waals surface area contributed by atoms with Gasteiger partial charge in [-0.15, -0.1) is 0 Å². The molecule has 0 saturated heterocycles. The van der Waals surface area contributed by atoms with E-state index in [9.17, 15) is 19.7 Å². The Morgan fingerprint density at radius 2 is 1.81 bits per heavy atom. The van der Waals surface area contributed by atoms with Crippen LogP contribution < -0.4 is 0 Å². The maximum Gasteiger partial charge on any atom is 0.410 e. The Labute approximate surface area is 156 Å². The molecule has 0 atom stereocenters. The molecule has 1 aromatic carbocycles. The lowest BCUT2D eigenvalue weighted by molar-refractivity contribution is -0.385. The van der Waals surface area contributed by atoms with Gasteiger partial charge in [0.2, 0.25) is 0 Å². The lowest BCUT2D eigenvalue weighted by Crippen LogP contribution is -2.36. The van der Waals surface area contributed by atoms with Gasteiger partial charge in [-0.1, -0.05) is 0 Å². The number of hydrogen-bond acceptors (Lipinski definition) is 8. The summed E-state index contributed by atoms with van der Waals surface area (Å²) in [6.45, 7) is 7.19. The van der Waals surface area contributed by atoms with Gasteiger partial charge in [-0.05, 0) is 39.8 Å². The molecule has 27 heavy (non-hydrogen) atoms. The molecule has 0 spiro atoms. The van der Waals surface area contributed by atoms with Crippen LogP contribution in [0.25, 0.3) is 0 Å². The van der Waals surface area contributed by atoms with Crippen molar-refractivity contribution in [2.24, 2.45) is 0 Å². The van der Waals surface area contributed by atoms with Gasteiger partial charge in [0.1, 0.15) is 5.60 Å². The van der Waals surface area contributed by atoms with Crippen molar-refractivity contribution in [2.75, 3.05) is 13.7 Å². The van der Waals surface area contributed by atoms with Crippen LogP contribution in [0, 0.1) is 10.1 Å². The van der Waals surface area contributed by atoms with E-state index in [-0.39, 0.29) is 29.5 Å². The molecule has 10 heteroatoms. The van der Waals surface area contributed by atoms with Gasteiger partial charge in [0.25, 0.3) is 5.69 Å². The Hall–Kier alpha value is -3.26. The third-order valence-electron chi connectivity index (χ3n) is 3.09. The van der Waals surface area contributed by atoms with Crippen LogP contribution in [0.4, 0.5) is 10.5 Å². The van der Waals surface area contributed by atoms with Crippen LogP contribution >= 0.6 is 0 Å². The van der Waals surface area contributed by atoms with E-state index in [0.717, 1.165) is 0 Å². The number of methoxy groups -OCH3 is 1. The highest BCUT2D eigenvalue weighted by molar-refractivity contribution is 5.90. The van der Waals surface area contributed by atoms with Crippen molar-refractivity contribution in [2.45, 2.75) is 39.8 Å². The second-order valence-electron chi connectivity index (χ2n) is 6.17. The molecule has 0 aliphatic carbocycles. The predicted molar refractivity (Wildman–Crippen MR) is 91.8 cm³/mol. The molecule has 0 aliphatic rings. The molecule has 0 unspecified atom stereocenters. The highest BCUT2D eigenvalue weighted by Gasteiger charge is 2.25. The van der Waals surface area contributed by atoms with E-state index < -0.39 is 22.6 Å². The van der Waals surface area contributed by atoms with Crippen LogP contribution in [0.5, 0.6) is 0 Å². The predicted octanol–water partition coefficient (Wildman–Crippen LogP) is 2.55. The molecular formula is C17H22N2O8. The van der Waals surface area contributed by atoms with Gasteiger partial charge in [0, 0.05) is 12.6 Å². The maximum atomic E-state index is 12.2. The quantitative estimate of drug-likeness (QED) is 0.431. The lowest BCUT2D eigenvalue weighted by atomic mass is 10.1. The molecule has 1 aromatic rings. The summed E-state index contributed by atoms with van der Waals surface area (Å²) in [7, 11) is 1.22. The molecule has 1 amide bonds. The summed E-state index contributed by atoms with van der Waals surface area (Å²) in [5, 5.41) is 11.2. The molecule has 0 aliphatic heterocycles. The summed E-state index contributed by atoms with van der Waals surface area (Å²) >= 11 is 0. The van der Waals surface area contributed by atoms with Crippen molar-refractivity contribution in [3.8, 4) is 0 Å². The average Bonchev–Trinajstić information content (AvgIpc) is 2.57. The second kappa shape index (κ2) is 10.7. The number of esters is 1. The minimum absolute atomic E-state index is 0.0490. The first kappa shape index (κ1) is 23.7. The molecule has 0 heterocycles. The zero-order valence-corrected chi connectivity index (χ0v) is 15.8. The molecule has 10 nitrogen and oxygen atoms in total. The monoisotopic (exact) mass is 382 g/mol. The third kappa shape index (κ3) is 8.10. The van der Waals surface area contributed by atoms with Gasteiger partial charge >= 0.3 is 18.2 Å². The number of nitro groups is 1. The fraction of sp³-hybridized carbons (Fsp3) is 0.471. The topological polar surface area (TPSA) is 133 Å². The van der Waals surface area contributed by atoms with Gasteiger partial charge < -0.3 is 14.4 Å². The molecule has 0 fully saturated rings. The summed E-state index contributed by atoms with van der Waals surface area (Å²) in [5.41, 5.74) is -0.441. The molecular weight excluding hydrogens is 360 g/mol. The first-order valence-corrected chi connectivity index (χ1v) is 7.83. The molecule has 0 N–H and O–H groups in total. The summed E-state index contributed by atoms with van der Waals surface area (Å²) < 4.78 is 9.91. The Bertz CT molecular complexity index is 718. The standard InChI is InChI=1S/C16H22N2O6.CO2/c1-6-17(15(20)24-16(2,3)4)10-12-9-11(14(19)23-5)7-8-13(12)18(21)22;2-1-3/h7-9H,6,10H2,1-5H3;. The first-order valence-electron chi connectivity index (χ1n) is 7.83. The van der Waals surface area contributed by atoms with E-state index in [0.29, 0.717) is 6.54 Å². The lowest BCUT2D eigenvalue weighted by Gasteiger charge is -2.26. The summed E-state index contributed by atoms with van der Waals surface area (Å²) in [5.74, 6) is -0.605. The van der Waals surface area contributed by atoms with Crippen LogP contribution in [0.1, 0.15) is 43.6 Å². The van der Waals surface area contributed by atoms with Crippen LogP contribution in [0.3, 0.4) is 0 Å². The normalized spacial score (nSPS) is 9.96. The van der Waals surface area contributed by atoms with Crippen LogP contribution in [-0.4, -0.2) is 47.3 Å². The molecule has 148 valence electrons. The Morgan fingerprint density at radius 3 is 2.22 bits per heavy atom. The molecule has 0 saturated carbocycles. The van der Waals surface area contributed by atoms with Crippen molar-refractivity contribution in [1.82, 2.24) is 4.90 Å². The van der Waals surface area contributed by atoms with Crippen LogP contribution in [0.2, 0.25) is 0 Å². The number of benzene rings is 1. The summed E-state index contributed by atoms with van der Waals surface area (Å²) in [6, 6.07) is 3.90. The second-order valence-corrected chi connectivity index (χ2v) is 6.17. The zero-order valence-electron chi connectivity index (χ0n) is 15.8. The first-order chi connectivity index (χ1) is 12.5. The number of nitrogens with zero attached hydrogens (tertiary/aromatic N) is 2. The molecule has 0 aromatic heterocycles. The van der Waals surface area contributed by atoms with E-state index in [2.05, 4.69) is 4.74 Å². The Balaban J connectivity index is 0.00000210. The summed E-state index contributed by atoms with van der Waals surface area (Å²) in [6.07, 6.45) is -0.331. The summed E-state index contributed by atoms with van der Waals surface area (Å²) in [4.78, 5) is 52.0. The number of hydrogen-bond donors (Lipinski definition) is 0. The van der Waals surface area contributed by atoms with Gasteiger partial charge in [-0.3, -0.25) is 10.1 Å².